The van der Waals surface area contributed by atoms with E-state index in [2.05, 4.69) is 17.2 Å². The predicted octanol–water partition coefficient (Wildman–Crippen LogP) is 2.48. The summed E-state index contributed by atoms with van der Waals surface area (Å²) in [6, 6.07) is 12.2. The molecule has 3 aromatic rings. The highest BCUT2D eigenvalue weighted by atomic mass is 16.5. The number of benzene rings is 1. The van der Waals surface area contributed by atoms with Gasteiger partial charge in [0.15, 0.2) is 0 Å². The van der Waals surface area contributed by atoms with Gasteiger partial charge in [0.2, 0.25) is 0 Å². The minimum Gasteiger partial charge on any atom is -0.364 e. The summed E-state index contributed by atoms with van der Waals surface area (Å²) in [5, 5.41) is 4.31. The van der Waals surface area contributed by atoms with Crippen LogP contribution in [0, 0.1) is 0 Å². The summed E-state index contributed by atoms with van der Waals surface area (Å²) in [5.41, 5.74) is 2.72. The Morgan fingerprint density at radius 1 is 1.19 bits per heavy atom. The fourth-order valence-electron chi connectivity index (χ4n) is 4.21. The summed E-state index contributed by atoms with van der Waals surface area (Å²) >= 11 is 0. The van der Waals surface area contributed by atoms with Crippen LogP contribution in [0.4, 0.5) is 0 Å². The van der Waals surface area contributed by atoms with Crippen LogP contribution in [-0.2, 0) is 24.0 Å². The molecule has 1 atom stereocenters. The van der Waals surface area contributed by atoms with Crippen molar-refractivity contribution in [2.24, 2.45) is 7.05 Å². The third-order valence-electron chi connectivity index (χ3n) is 5.52. The molecule has 1 spiro atoms. The van der Waals surface area contributed by atoms with Crippen LogP contribution in [0.3, 0.4) is 0 Å². The van der Waals surface area contributed by atoms with Crippen molar-refractivity contribution >= 4 is 5.91 Å². The molecule has 1 fully saturated rings. The molecule has 2 aromatic heterocycles. The van der Waals surface area contributed by atoms with Crippen LogP contribution in [0.25, 0.3) is 5.82 Å². The van der Waals surface area contributed by atoms with E-state index >= 15 is 0 Å². The molecular weight excluding hydrogens is 328 g/mol. The molecule has 26 heavy (non-hydrogen) atoms. The van der Waals surface area contributed by atoms with Crippen molar-refractivity contribution < 1.29 is 9.53 Å². The zero-order valence-corrected chi connectivity index (χ0v) is 14.6. The molecular formula is C20H20N4O2. The predicted molar refractivity (Wildman–Crippen MR) is 96.0 cm³/mol. The molecule has 6 heteroatoms. The van der Waals surface area contributed by atoms with Gasteiger partial charge in [-0.15, -0.1) is 0 Å². The first-order chi connectivity index (χ1) is 12.7. The van der Waals surface area contributed by atoms with E-state index in [9.17, 15) is 4.79 Å². The minimum atomic E-state index is -0.359. The molecule has 1 unspecified atom stereocenters. The maximum atomic E-state index is 13.2. The molecule has 2 aliphatic rings. The molecule has 2 aliphatic heterocycles. The van der Waals surface area contributed by atoms with Crippen LogP contribution in [0.15, 0.2) is 55.0 Å². The quantitative estimate of drug-likeness (QED) is 0.715. The number of amides is 1. The van der Waals surface area contributed by atoms with E-state index in [-0.39, 0.29) is 11.5 Å². The Labute approximate surface area is 151 Å². The van der Waals surface area contributed by atoms with Gasteiger partial charge in [-0.25, -0.2) is 0 Å². The Bertz CT molecular complexity index is 976. The lowest BCUT2D eigenvalue weighted by molar-refractivity contribution is -0.0283. The van der Waals surface area contributed by atoms with Gasteiger partial charge in [0.25, 0.3) is 5.91 Å². The minimum absolute atomic E-state index is 0.00616. The molecule has 1 aromatic carbocycles. The second kappa shape index (κ2) is 5.57. The number of ether oxygens (including phenoxy) is 1. The topological polar surface area (TPSA) is 52.3 Å². The molecule has 4 heterocycles. The Balaban J connectivity index is 1.46. The molecule has 0 aliphatic carbocycles. The van der Waals surface area contributed by atoms with E-state index in [0.717, 1.165) is 12.2 Å². The first kappa shape index (κ1) is 15.4. The van der Waals surface area contributed by atoms with Gasteiger partial charge < -0.3 is 14.2 Å². The average Bonchev–Trinajstić information content (AvgIpc) is 3.43. The van der Waals surface area contributed by atoms with Crippen LogP contribution in [0.1, 0.15) is 27.9 Å². The van der Waals surface area contributed by atoms with E-state index in [4.69, 9.17) is 4.74 Å². The monoisotopic (exact) mass is 348 g/mol. The lowest BCUT2D eigenvalue weighted by Crippen LogP contribution is -2.34. The number of hydrogen-bond acceptors (Lipinski definition) is 3. The Morgan fingerprint density at radius 2 is 2.00 bits per heavy atom. The Kier molecular flexibility index (Phi) is 3.30. The highest BCUT2D eigenvalue weighted by molar-refractivity contribution is 5.97. The second-order valence-electron chi connectivity index (χ2n) is 7.01. The first-order valence-corrected chi connectivity index (χ1v) is 8.85. The fourth-order valence-corrected chi connectivity index (χ4v) is 4.21. The van der Waals surface area contributed by atoms with E-state index in [0.29, 0.717) is 25.3 Å². The van der Waals surface area contributed by atoms with Gasteiger partial charge in [-0.05, 0) is 29.7 Å². The van der Waals surface area contributed by atoms with Gasteiger partial charge in [0, 0.05) is 26.0 Å². The summed E-state index contributed by atoms with van der Waals surface area (Å²) in [6.07, 6.45) is 6.34. The molecule has 132 valence electrons. The third-order valence-corrected chi connectivity index (χ3v) is 5.52. The molecule has 0 radical (unpaired) electrons. The summed E-state index contributed by atoms with van der Waals surface area (Å²) in [6.45, 7) is 1.90. The third kappa shape index (κ3) is 2.15. The molecule has 1 amide bonds. The standard InChI is InChI=1S/C20H20N4O2/c1-22-18(23-9-4-5-10-23)16(12-21-22)19(25)24-11-8-20(14-24)17-7-3-2-6-15(17)13-26-20/h2-7,9-10,12H,8,11,13-14H2,1H3. The van der Waals surface area contributed by atoms with Crippen molar-refractivity contribution in [1.82, 2.24) is 19.2 Å². The number of aromatic nitrogens is 3. The van der Waals surface area contributed by atoms with Crippen molar-refractivity contribution in [1.29, 1.82) is 0 Å². The van der Waals surface area contributed by atoms with Gasteiger partial charge in [-0.3, -0.25) is 9.48 Å². The van der Waals surface area contributed by atoms with Crippen LogP contribution in [-0.4, -0.2) is 38.2 Å². The maximum absolute atomic E-state index is 13.2. The lowest BCUT2D eigenvalue weighted by atomic mass is 9.92. The van der Waals surface area contributed by atoms with E-state index < -0.39 is 0 Å². The maximum Gasteiger partial charge on any atom is 0.259 e. The van der Waals surface area contributed by atoms with Crippen molar-refractivity contribution in [3.63, 3.8) is 0 Å². The summed E-state index contributed by atoms with van der Waals surface area (Å²) in [5.74, 6) is 0.792. The van der Waals surface area contributed by atoms with Gasteiger partial charge in [-0.2, -0.15) is 5.10 Å². The highest BCUT2D eigenvalue weighted by Crippen LogP contribution is 2.43. The van der Waals surface area contributed by atoms with Gasteiger partial charge in [0.05, 0.1) is 19.3 Å². The number of likely N-dealkylation sites (tertiary alicyclic amines) is 1. The molecule has 0 bridgehead atoms. The van der Waals surface area contributed by atoms with Gasteiger partial charge in [-0.1, -0.05) is 24.3 Å². The lowest BCUT2D eigenvalue weighted by Gasteiger charge is -2.24. The fraction of sp³-hybridized carbons (Fsp3) is 0.300. The van der Waals surface area contributed by atoms with Crippen molar-refractivity contribution in [2.45, 2.75) is 18.6 Å². The Hall–Kier alpha value is -2.86. The van der Waals surface area contributed by atoms with E-state index in [1.54, 1.807) is 10.9 Å². The van der Waals surface area contributed by atoms with Gasteiger partial charge in [0.1, 0.15) is 17.0 Å². The smallest absolute Gasteiger partial charge is 0.259 e. The van der Waals surface area contributed by atoms with Crippen LogP contribution in [0.5, 0.6) is 0 Å². The highest BCUT2D eigenvalue weighted by Gasteiger charge is 2.47. The molecule has 6 nitrogen and oxygen atoms in total. The molecule has 5 rings (SSSR count). The van der Waals surface area contributed by atoms with Crippen molar-refractivity contribution in [3.05, 3.63) is 71.7 Å². The van der Waals surface area contributed by atoms with Crippen LogP contribution < -0.4 is 0 Å². The SMILES string of the molecule is Cn1ncc(C(=O)N2CCC3(C2)OCc2ccccc23)c1-n1cccc1. The molecule has 0 N–H and O–H groups in total. The largest absolute Gasteiger partial charge is 0.364 e. The van der Waals surface area contributed by atoms with Crippen LogP contribution >= 0.6 is 0 Å². The zero-order valence-electron chi connectivity index (χ0n) is 14.6. The Morgan fingerprint density at radius 3 is 2.85 bits per heavy atom. The van der Waals surface area contributed by atoms with E-state index in [1.807, 2.05) is 53.2 Å². The number of rotatable bonds is 2. The van der Waals surface area contributed by atoms with Crippen LogP contribution in [0.2, 0.25) is 0 Å². The molecule has 0 saturated carbocycles. The van der Waals surface area contributed by atoms with Gasteiger partial charge >= 0.3 is 0 Å². The first-order valence-electron chi connectivity index (χ1n) is 8.85. The molecule has 1 saturated heterocycles. The number of nitrogens with zero attached hydrogens (tertiary/aromatic N) is 4. The number of carbonyl (C=O) groups excluding carboxylic acids is 1. The second-order valence-corrected chi connectivity index (χ2v) is 7.01. The number of aryl methyl sites for hydroxylation is 1. The summed E-state index contributed by atoms with van der Waals surface area (Å²) in [4.78, 5) is 15.1. The van der Waals surface area contributed by atoms with E-state index in [1.165, 1.54) is 11.1 Å². The number of fused-ring (bicyclic) bond motifs is 2. The zero-order chi connectivity index (χ0) is 17.7. The number of hydrogen-bond donors (Lipinski definition) is 0. The summed E-state index contributed by atoms with van der Waals surface area (Å²) in [7, 11) is 1.86. The normalized spacial score (nSPS) is 21.5. The van der Waals surface area contributed by atoms with Crippen molar-refractivity contribution in [3.8, 4) is 5.82 Å². The number of carbonyl (C=O) groups is 1. The average molecular weight is 348 g/mol. The van der Waals surface area contributed by atoms with Crippen molar-refractivity contribution in [2.75, 3.05) is 13.1 Å². The summed E-state index contributed by atoms with van der Waals surface area (Å²) < 4.78 is 9.84.